The number of aryl methyl sites for hydroxylation is 2. The minimum absolute atomic E-state index is 0.127. The van der Waals surface area contributed by atoms with Gasteiger partial charge in [0.25, 0.3) is 0 Å². The molecule has 1 aromatic heterocycles. The molecule has 0 unspecified atom stereocenters. The summed E-state index contributed by atoms with van der Waals surface area (Å²) >= 11 is 0. The van der Waals surface area contributed by atoms with Gasteiger partial charge in [0.1, 0.15) is 0 Å². The van der Waals surface area contributed by atoms with E-state index in [2.05, 4.69) is 5.10 Å². The van der Waals surface area contributed by atoms with Crippen LogP contribution in [-0.4, -0.2) is 14.7 Å². The van der Waals surface area contributed by atoms with E-state index >= 15 is 0 Å². The molecule has 0 N–H and O–H groups in total. The molecule has 0 saturated carbocycles. The van der Waals surface area contributed by atoms with Crippen molar-refractivity contribution in [2.24, 2.45) is 0 Å². The summed E-state index contributed by atoms with van der Waals surface area (Å²) in [6, 6.07) is 9.13. The third-order valence-corrected chi connectivity index (χ3v) is 2.34. The second kappa shape index (κ2) is 3.77. The summed E-state index contributed by atoms with van der Waals surface area (Å²) in [5.41, 5.74) is 2.72. The Morgan fingerprint density at radius 2 is 1.88 bits per heavy atom. The van der Waals surface area contributed by atoms with Crippen LogP contribution in [0.25, 0.3) is 5.69 Å². The molecule has 1 aromatic carbocycles. The number of nitrogens with zero attached hydrogens (tertiary/aromatic N) is 3. The van der Waals surface area contributed by atoms with Gasteiger partial charge < -0.3 is 10.1 Å². The van der Waals surface area contributed by atoms with Crippen molar-refractivity contribution in [2.45, 2.75) is 13.8 Å². The first-order valence-electron chi connectivity index (χ1n) is 4.86. The molecule has 0 aliphatic carbocycles. The standard InChI is InChI=1S/C11H11N3O2/c1-8-3-5-10(6-4-8)13-9(2)7-11(12-13)14(15)16/h3-7H,1-2H3. The lowest BCUT2D eigenvalue weighted by molar-refractivity contribution is -0.389. The summed E-state index contributed by atoms with van der Waals surface area (Å²) in [5.74, 6) is -0.127. The van der Waals surface area contributed by atoms with E-state index in [0.717, 1.165) is 16.9 Å². The van der Waals surface area contributed by atoms with Crippen molar-refractivity contribution >= 4 is 5.82 Å². The first-order chi connectivity index (χ1) is 7.58. The molecule has 0 fully saturated rings. The van der Waals surface area contributed by atoms with E-state index in [0.29, 0.717) is 0 Å². The van der Waals surface area contributed by atoms with Gasteiger partial charge >= 0.3 is 5.82 Å². The van der Waals surface area contributed by atoms with Crippen LogP contribution in [0.1, 0.15) is 11.3 Å². The lowest BCUT2D eigenvalue weighted by Gasteiger charge is -1.99. The first-order valence-corrected chi connectivity index (χ1v) is 4.86. The normalized spacial score (nSPS) is 10.4. The molecule has 2 aromatic rings. The third-order valence-electron chi connectivity index (χ3n) is 2.34. The Labute approximate surface area is 92.5 Å². The Hall–Kier alpha value is -2.17. The van der Waals surface area contributed by atoms with Gasteiger partial charge in [-0.3, -0.25) is 0 Å². The fourth-order valence-electron chi connectivity index (χ4n) is 1.49. The minimum atomic E-state index is -0.488. The maximum Gasteiger partial charge on any atom is 0.390 e. The number of rotatable bonds is 2. The monoisotopic (exact) mass is 217 g/mol. The van der Waals surface area contributed by atoms with E-state index in [9.17, 15) is 10.1 Å². The average Bonchev–Trinajstić information content (AvgIpc) is 2.62. The largest absolute Gasteiger partial charge is 0.390 e. The zero-order valence-corrected chi connectivity index (χ0v) is 9.04. The van der Waals surface area contributed by atoms with Gasteiger partial charge in [0, 0.05) is 0 Å². The molecule has 82 valence electrons. The van der Waals surface area contributed by atoms with Crippen LogP contribution in [0.4, 0.5) is 5.82 Å². The Bertz CT molecular complexity index is 529. The van der Waals surface area contributed by atoms with Crippen molar-refractivity contribution in [1.82, 2.24) is 9.78 Å². The maximum absolute atomic E-state index is 10.6. The van der Waals surface area contributed by atoms with Gasteiger partial charge in [-0.25, -0.2) is 0 Å². The van der Waals surface area contributed by atoms with E-state index < -0.39 is 4.92 Å². The highest BCUT2D eigenvalue weighted by molar-refractivity contribution is 5.37. The van der Waals surface area contributed by atoms with Gasteiger partial charge in [-0.15, -0.1) is 4.68 Å². The smallest absolute Gasteiger partial charge is 0.358 e. The lowest BCUT2D eigenvalue weighted by atomic mass is 10.2. The molecule has 1 heterocycles. The fourth-order valence-corrected chi connectivity index (χ4v) is 1.49. The van der Waals surface area contributed by atoms with E-state index in [-0.39, 0.29) is 5.82 Å². The van der Waals surface area contributed by atoms with Crippen molar-refractivity contribution in [3.63, 3.8) is 0 Å². The summed E-state index contributed by atoms with van der Waals surface area (Å²) in [6.07, 6.45) is 0. The van der Waals surface area contributed by atoms with Crippen LogP contribution in [0.15, 0.2) is 30.3 Å². The predicted octanol–water partition coefficient (Wildman–Crippen LogP) is 2.40. The number of aromatic nitrogens is 2. The Morgan fingerprint density at radius 3 is 2.38 bits per heavy atom. The summed E-state index contributed by atoms with van der Waals surface area (Å²) in [5, 5.41) is 14.5. The molecule has 0 radical (unpaired) electrons. The fraction of sp³-hybridized carbons (Fsp3) is 0.182. The van der Waals surface area contributed by atoms with Crippen molar-refractivity contribution in [1.29, 1.82) is 0 Å². The minimum Gasteiger partial charge on any atom is -0.358 e. The lowest BCUT2D eigenvalue weighted by Crippen LogP contribution is -1.99. The third kappa shape index (κ3) is 1.79. The molecular weight excluding hydrogens is 206 g/mol. The highest BCUT2D eigenvalue weighted by Gasteiger charge is 2.16. The van der Waals surface area contributed by atoms with E-state index in [1.165, 1.54) is 6.07 Å². The highest BCUT2D eigenvalue weighted by Crippen LogP contribution is 2.16. The van der Waals surface area contributed by atoms with Crippen LogP contribution in [0.5, 0.6) is 0 Å². The molecule has 0 aliphatic rings. The molecule has 0 bridgehead atoms. The van der Waals surface area contributed by atoms with Crippen molar-refractivity contribution in [2.75, 3.05) is 0 Å². The van der Waals surface area contributed by atoms with Crippen LogP contribution in [0, 0.1) is 24.0 Å². The van der Waals surface area contributed by atoms with E-state index in [4.69, 9.17) is 0 Å². The first kappa shape index (κ1) is 10.4. The van der Waals surface area contributed by atoms with Crippen LogP contribution in [-0.2, 0) is 0 Å². The molecule has 5 heteroatoms. The van der Waals surface area contributed by atoms with Crippen molar-refractivity contribution in [3.05, 3.63) is 51.7 Å². The molecule has 0 amide bonds. The highest BCUT2D eigenvalue weighted by atomic mass is 16.6. The Balaban J connectivity index is 2.47. The van der Waals surface area contributed by atoms with E-state index in [1.54, 1.807) is 11.6 Å². The SMILES string of the molecule is Cc1ccc(-n2nc([N+](=O)[O-])cc2C)cc1. The topological polar surface area (TPSA) is 61.0 Å². The summed E-state index contributed by atoms with van der Waals surface area (Å²) in [7, 11) is 0. The van der Waals surface area contributed by atoms with Crippen LogP contribution in [0.2, 0.25) is 0 Å². The van der Waals surface area contributed by atoms with Gasteiger partial charge in [-0.05, 0) is 30.9 Å². The zero-order chi connectivity index (χ0) is 11.7. The summed E-state index contributed by atoms with van der Waals surface area (Å²) in [6.45, 7) is 3.78. The van der Waals surface area contributed by atoms with Gasteiger partial charge in [-0.2, -0.15) is 0 Å². The van der Waals surface area contributed by atoms with Crippen LogP contribution >= 0.6 is 0 Å². The molecule has 5 nitrogen and oxygen atoms in total. The Kier molecular flexibility index (Phi) is 2.44. The molecule has 16 heavy (non-hydrogen) atoms. The second-order valence-corrected chi connectivity index (χ2v) is 3.65. The van der Waals surface area contributed by atoms with E-state index in [1.807, 2.05) is 31.2 Å². The average molecular weight is 217 g/mol. The predicted molar refractivity (Wildman–Crippen MR) is 59.7 cm³/mol. The van der Waals surface area contributed by atoms with Gasteiger partial charge in [0.15, 0.2) is 0 Å². The molecule has 0 saturated heterocycles. The Morgan fingerprint density at radius 1 is 1.25 bits per heavy atom. The molecule has 0 atom stereocenters. The maximum atomic E-state index is 10.6. The van der Waals surface area contributed by atoms with Gasteiger partial charge in [0.2, 0.25) is 0 Å². The number of nitro groups is 1. The molecule has 0 spiro atoms. The molecule has 2 rings (SSSR count). The quantitative estimate of drug-likeness (QED) is 0.573. The summed E-state index contributed by atoms with van der Waals surface area (Å²) < 4.78 is 1.57. The van der Waals surface area contributed by atoms with Crippen molar-refractivity contribution in [3.8, 4) is 5.69 Å². The van der Waals surface area contributed by atoms with Crippen molar-refractivity contribution < 1.29 is 4.92 Å². The molecule has 0 aliphatic heterocycles. The number of hydrogen-bond acceptors (Lipinski definition) is 3. The second-order valence-electron chi connectivity index (χ2n) is 3.65. The summed E-state index contributed by atoms with van der Waals surface area (Å²) in [4.78, 5) is 10.1. The number of benzene rings is 1. The molecular formula is C11H11N3O2. The van der Waals surface area contributed by atoms with Gasteiger partial charge in [0.05, 0.1) is 22.5 Å². The number of hydrogen-bond donors (Lipinski definition) is 0. The van der Waals surface area contributed by atoms with Crippen LogP contribution < -0.4 is 0 Å². The van der Waals surface area contributed by atoms with Crippen LogP contribution in [0.3, 0.4) is 0 Å². The van der Waals surface area contributed by atoms with Gasteiger partial charge in [-0.1, -0.05) is 17.7 Å². The zero-order valence-electron chi connectivity index (χ0n) is 9.04.